The Morgan fingerprint density at radius 2 is 1.81 bits per heavy atom. The van der Waals surface area contributed by atoms with Crippen molar-refractivity contribution < 1.29 is 0 Å². The van der Waals surface area contributed by atoms with Gasteiger partial charge in [0.05, 0.1) is 28.8 Å². The van der Waals surface area contributed by atoms with E-state index in [0.29, 0.717) is 27.4 Å². The van der Waals surface area contributed by atoms with Crippen molar-refractivity contribution in [2.45, 2.75) is 0 Å². The highest BCUT2D eigenvalue weighted by molar-refractivity contribution is 6.35. The average molecular weight is 255 g/mol. The molecule has 0 bridgehead atoms. The number of aromatic nitrogens is 2. The molecule has 16 heavy (non-hydrogen) atoms. The predicted molar refractivity (Wildman–Crippen MR) is 66.2 cm³/mol. The molecule has 3 N–H and O–H groups in total. The summed E-state index contributed by atoms with van der Waals surface area (Å²) in [7, 11) is 0. The van der Waals surface area contributed by atoms with Crippen molar-refractivity contribution in [1.82, 2.24) is 9.97 Å². The minimum atomic E-state index is 0.415. The Morgan fingerprint density at radius 1 is 1.12 bits per heavy atom. The molecule has 0 saturated heterocycles. The Morgan fingerprint density at radius 3 is 2.50 bits per heavy atom. The highest BCUT2D eigenvalue weighted by Crippen LogP contribution is 2.27. The summed E-state index contributed by atoms with van der Waals surface area (Å²) in [4.78, 5) is 7.99. The van der Waals surface area contributed by atoms with E-state index < -0.39 is 0 Å². The van der Waals surface area contributed by atoms with Crippen LogP contribution in [-0.4, -0.2) is 9.97 Å². The van der Waals surface area contributed by atoms with E-state index in [1.165, 1.54) is 12.4 Å². The van der Waals surface area contributed by atoms with Crippen LogP contribution in [0, 0.1) is 0 Å². The molecular formula is C10H8Cl2N4. The highest BCUT2D eigenvalue weighted by Gasteiger charge is 2.03. The monoisotopic (exact) mass is 254 g/mol. The minimum absolute atomic E-state index is 0.415. The van der Waals surface area contributed by atoms with Crippen LogP contribution in [0.25, 0.3) is 0 Å². The Labute approximate surface area is 102 Å². The summed E-state index contributed by atoms with van der Waals surface area (Å²) in [6.07, 6.45) is 3.02. The van der Waals surface area contributed by atoms with Gasteiger partial charge in [-0.05, 0) is 18.2 Å². The van der Waals surface area contributed by atoms with Gasteiger partial charge in [0.1, 0.15) is 0 Å². The number of rotatable bonds is 2. The second kappa shape index (κ2) is 4.55. The molecule has 0 amide bonds. The number of nitrogens with zero attached hydrogens (tertiary/aromatic N) is 2. The van der Waals surface area contributed by atoms with Crippen LogP contribution in [-0.2, 0) is 0 Å². The molecule has 4 nitrogen and oxygen atoms in total. The van der Waals surface area contributed by atoms with Gasteiger partial charge in [-0.3, -0.25) is 0 Å². The van der Waals surface area contributed by atoms with Crippen molar-refractivity contribution >= 4 is 40.5 Å². The van der Waals surface area contributed by atoms with Crippen LogP contribution >= 0.6 is 23.2 Å². The smallest absolute Gasteiger partial charge is 0.227 e. The lowest BCUT2D eigenvalue weighted by Gasteiger charge is -2.06. The van der Waals surface area contributed by atoms with Crippen molar-refractivity contribution in [2.24, 2.45) is 0 Å². The molecule has 0 aliphatic heterocycles. The molecule has 0 fully saturated rings. The van der Waals surface area contributed by atoms with E-state index in [-0.39, 0.29) is 0 Å². The number of nitrogens with one attached hydrogen (secondary N) is 1. The van der Waals surface area contributed by atoms with Gasteiger partial charge in [-0.15, -0.1) is 0 Å². The molecule has 0 unspecified atom stereocenters. The molecule has 0 atom stereocenters. The molecule has 2 aromatic rings. The molecule has 0 aliphatic rings. The zero-order chi connectivity index (χ0) is 11.5. The van der Waals surface area contributed by atoms with Gasteiger partial charge in [0.15, 0.2) is 0 Å². The summed E-state index contributed by atoms with van der Waals surface area (Å²) >= 11 is 11.8. The van der Waals surface area contributed by atoms with E-state index in [1.807, 2.05) is 0 Å². The summed E-state index contributed by atoms with van der Waals surface area (Å²) < 4.78 is 0. The van der Waals surface area contributed by atoms with Crippen molar-refractivity contribution in [3.63, 3.8) is 0 Å². The highest BCUT2D eigenvalue weighted by atomic mass is 35.5. The van der Waals surface area contributed by atoms with Gasteiger partial charge in [0.25, 0.3) is 0 Å². The summed E-state index contributed by atoms with van der Waals surface area (Å²) in [6, 6.07) is 5.10. The molecule has 0 aliphatic carbocycles. The molecule has 1 aromatic carbocycles. The van der Waals surface area contributed by atoms with Crippen molar-refractivity contribution in [1.29, 1.82) is 0 Å². The first-order valence-corrected chi connectivity index (χ1v) is 5.20. The first kappa shape index (κ1) is 11.0. The van der Waals surface area contributed by atoms with Gasteiger partial charge in [0, 0.05) is 5.02 Å². The van der Waals surface area contributed by atoms with Gasteiger partial charge in [0.2, 0.25) is 5.95 Å². The Bertz CT molecular complexity index is 499. The maximum atomic E-state index is 5.98. The van der Waals surface area contributed by atoms with Gasteiger partial charge < -0.3 is 11.1 Å². The van der Waals surface area contributed by atoms with E-state index in [9.17, 15) is 0 Å². The lowest BCUT2D eigenvalue weighted by atomic mass is 10.3. The Kier molecular flexibility index (Phi) is 3.12. The van der Waals surface area contributed by atoms with E-state index in [2.05, 4.69) is 15.3 Å². The number of nitrogen functional groups attached to an aromatic ring is 1. The Hall–Kier alpha value is -1.52. The molecule has 6 heteroatoms. The van der Waals surface area contributed by atoms with Crippen LogP contribution in [0.5, 0.6) is 0 Å². The van der Waals surface area contributed by atoms with Crippen molar-refractivity contribution in [3.8, 4) is 0 Å². The normalized spacial score (nSPS) is 10.1. The first-order chi connectivity index (χ1) is 7.65. The van der Waals surface area contributed by atoms with Crippen LogP contribution in [0.1, 0.15) is 0 Å². The van der Waals surface area contributed by atoms with E-state index in [4.69, 9.17) is 28.9 Å². The second-order valence-corrected chi connectivity index (χ2v) is 3.93. The average Bonchev–Trinajstić information content (AvgIpc) is 2.27. The number of anilines is 3. The van der Waals surface area contributed by atoms with E-state index >= 15 is 0 Å². The third-order valence-corrected chi connectivity index (χ3v) is 2.41. The number of benzene rings is 1. The summed E-state index contributed by atoms with van der Waals surface area (Å²) in [5.74, 6) is 0.415. The first-order valence-electron chi connectivity index (χ1n) is 4.45. The van der Waals surface area contributed by atoms with Gasteiger partial charge >= 0.3 is 0 Å². The van der Waals surface area contributed by atoms with Crippen LogP contribution in [0.4, 0.5) is 17.3 Å². The van der Waals surface area contributed by atoms with Crippen molar-refractivity contribution in [3.05, 3.63) is 40.6 Å². The largest absolute Gasteiger partial charge is 0.396 e. The second-order valence-electron chi connectivity index (χ2n) is 3.09. The number of hydrogen-bond acceptors (Lipinski definition) is 4. The zero-order valence-corrected chi connectivity index (χ0v) is 9.63. The number of nitrogens with two attached hydrogens (primary N) is 1. The Balaban J connectivity index is 2.26. The molecule has 1 aromatic heterocycles. The molecular weight excluding hydrogens is 247 g/mol. The zero-order valence-electron chi connectivity index (χ0n) is 8.11. The molecule has 0 saturated carbocycles. The van der Waals surface area contributed by atoms with E-state index in [0.717, 1.165) is 0 Å². The molecule has 0 spiro atoms. The topological polar surface area (TPSA) is 63.8 Å². The van der Waals surface area contributed by atoms with Crippen LogP contribution in [0.2, 0.25) is 10.0 Å². The summed E-state index contributed by atoms with van der Waals surface area (Å²) in [5.41, 5.74) is 6.63. The van der Waals surface area contributed by atoms with Gasteiger partial charge in [-0.1, -0.05) is 23.2 Å². The lowest BCUT2D eigenvalue weighted by Crippen LogP contribution is -1.98. The van der Waals surface area contributed by atoms with E-state index in [1.54, 1.807) is 18.2 Å². The SMILES string of the molecule is Nc1cnc(Nc2cc(Cl)ccc2Cl)nc1. The molecule has 0 radical (unpaired) electrons. The van der Waals surface area contributed by atoms with Crippen LogP contribution < -0.4 is 11.1 Å². The summed E-state index contributed by atoms with van der Waals surface area (Å²) in [5, 5.41) is 4.08. The third kappa shape index (κ3) is 2.53. The summed E-state index contributed by atoms with van der Waals surface area (Å²) in [6.45, 7) is 0. The van der Waals surface area contributed by atoms with Crippen molar-refractivity contribution in [2.75, 3.05) is 11.1 Å². The standard InChI is InChI=1S/C10H8Cl2N4/c11-6-1-2-8(12)9(3-6)16-10-14-4-7(13)5-15-10/h1-5H,13H2,(H,14,15,16). The third-order valence-electron chi connectivity index (χ3n) is 1.85. The molecule has 2 rings (SSSR count). The molecule has 1 heterocycles. The van der Waals surface area contributed by atoms with Crippen LogP contribution in [0.3, 0.4) is 0 Å². The fourth-order valence-electron chi connectivity index (χ4n) is 1.12. The van der Waals surface area contributed by atoms with Gasteiger partial charge in [-0.25, -0.2) is 9.97 Å². The lowest BCUT2D eigenvalue weighted by molar-refractivity contribution is 1.17. The fourth-order valence-corrected chi connectivity index (χ4v) is 1.45. The predicted octanol–water partition coefficient (Wildman–Crippen LogP) is 3.11. The number of halogens is 2. The number of hydrogen-bond donors (Lipinski definition) is 2. The maximum absolute atomic E-state index is 5.98. The fraction of sp³-hybridized carbons (Fsp3) is 0. The minimum Gasteiger partial charge on any atom is -0.396 e. The molecule has 82 valence electrons. The quantitative estimate of drug-likeness (QED) is 0.865. The van der Waals surface area contributed by atoms with Gasteiger partial charge in [-0.2, -0.15) is 0 Å². The van der Waals surface area contributed by atoms with Crippen LogP contribution in [0.15, 0.2) is 30.6 Å². The maximum Gasteiger partial charge on any atom is 0.227 e.